The van der Waals surface area contributed by atoms with Gasteiger partial charge in [0.2, 0.25) is 0 Å². The van der Waals surface area contributed by atoms with Gasteiger partial charge in [-0.1, -0.05) is 13.8 Å². The zero-order chi connectivity index (χ0) is 14.6. The van der Waals surface area contributed by atoms with E-state index in [4.69, 9.17) is 17.3 Å². The van der Waals surface area contributed by atoms with Gasteiger partial charge in [-0.05, 0) is 18.9 Å². The van der Waals surface area contributed by atoms with E-state index < -0.39 is 0 Å². The summed E-state index contributed by atoms with van der Waals surface area (Å²) in [4.78, 5) is 15.9. The topological polar surface area (TPSA) is 111 Å². The number of ketones is 1. The van der Waals surface area contributed by atoms with E-state index in [1.54, 1.807) is 19.2 Å². The number of aromatic nitrogens is 1. The fourth-order valence-electron chi connectivity index (χ4n) is 1.58. The van der Waals surface area contributed by atoms with Crippen LogP contribution in [0.4, 0.5) is 11.4 Å². The molecule has 0 fully saturated rings. The molecule has 0 saturated carbocycles. The van der Waals surface area contributed by atoms with Gasteiger partial charge in [0.05, 0.1) is 29.0 Å². The van der Waals surface area contributed by atoms with E-state index in [1.165, 1.54) is 11.2 Å². The number of aryl methyl sites for hydroxylation is 1. The number of carbonyl (C=O) groups is 1. The quantitative estimate of drug-likeness (QED) is 0.416. The molecule has 0 bridgehead atoms. The normalized spacial score (nSPS) is 11.7. The Kier molecular flexibility index (Phi) is 4.88. The molecule has 6 nitrogen and oxygen atoms in total. The van der Waals surface area contributed by atoms with Gasteiger partial charge in [0.25, 0.3) is 0 Å². The SMILES string of the molecule is Cc1ncc(N)cc1N(N)/C=C(\N)C(=O)CC(C)C. The molecule has 0 saturated heterocycles. The van der Waals surface area contributed by atoms with Crippen LogP contribution in [0.3, 0.4) is 0 Å². The number of allylic oxidation sites excluding steroid dienone is 1. The molecule has 1 aromatic rings. The van der Waals surface area contributed by atoms with Crippen LogP contribution in [0.25, 0.3) is 0 Å². The number of rotatable bonds is 5. The lowest BCUT2D eigenvalue weighted by molar-refractivity contribution is -0.116. The molecule has 0 aromatic carbocycles. The summed E-state index contributed by atoms with van der Waals surface area (Å²) >= 11 is 0. The zero-order valence-corrected chi connectivity index (χ0v) is 11.6. The van der Waals surface area contributed by atoms with Crippen molar-refractivity contribution in [2.24, 2.45) is 17.5 Å². The number of hydrogen-bond acceptors (Lipinski definition) is 6. The number of nitrogen functional groups attached to an aromatic ring is 1. The van der Waals surface area contributed by atoms with Crippen molar-refractivity contribution in [3.63, 3.8) is 0 Å². The maximum atomic E-state index is 11.8. The van der Waals surface area contributed by atoms with E-state index in [0.717, 1.165) is 0 Å². The minimum absolute atomic E-state index is 0.123. The smallest absolute Gasteiger partial charge is 0.180 e. The summed E-state index contributed by atoms with van der Waals surface area (Å²) in [6.07, 6.45) is 3.34. The van der Waals surface area contributed by atoms with Crippen LogP contribution in [0, 0.1) is 12.8 Å². The summed E-state index contributed by atoms with van der Waals surface area (Å²) in [6, 6.07) is 1.68. The number of carbonyl (C=O) groups excluding carboxylic acids is 1. The van der Waals surface area contributed by atoms with Crippen molar-refractivity contribution in [3.8, 4) is 0 Å². The Hall–Kier alpha value is -2.08. The fourth-order valence-corrected chi connectivity index (χ4v) is 1.58. The summed E-state index contributed by atoms with van der Waals surface area (Å²) in [5, 5.41) is 1.27. The second-order valence-electron chi connectivity index (χ2n) is 4.89. The largest absolute Gasteiger partial charge is 0.397 e. The van der Waals surface area contributed by atoms with Crippen LogP contribution >= 0.6 is 0 Å². The summed E-state index contributed by atoms with van der Waals surface area (Å²) in [7, 11) is 0. The Morgan fingerprint density at radius 1 is 1.53 bits per heavy atom. The lowest BCUT2D eigenvalue weighted by atomic mass is 10.1. The number of nitrogens with two attached hydrogens (primary N) is 3. The van der Waals surface area contributed by atoms with Crippen molar-refractivity contribution in [3.05, 3.63) is 29.9 Å². The molecule has 1 aromatic heterocycles. The minimum atomic E-state index is -0.125. The molecule has 0 aliphatic rings. The van der Waals surface area contributed by atoms with Crippen molar-refractivity contribution in [2.45, 2.75) is 27.2 Å². The Balaban J connectivity index is 2.91. The van der Waals surface area contributed by atoms with Crippen molar-refractivity contribution in [2.75, 3.05) is 10.7 Å². The van der Waals surface area contributed by atoms with E-state index in [1.807, 2.05) is 13.8 Å². The lowest BCUT2D eigenvalue weighted by Gasteiger charge is -2.17. The van der Waals surface area contributed by atoms with Crippen LogP contribution < -0.4 is 22.3 Å². The molecule has 0 atom stereocenters. The minimum Gasteiger partial charge on any atom is -0.397 e. The van der Waals surface area contributed by atoms with Crippen molar-refractivity contribution in [1.82, 2.24) is 4.98 Å². The Bertz CT molecular complexity index is 496. The monoisotopic (exact) mass is 263 g/mol. The first-order chi connectivity index (χ1) is 8.81. The van der Waals surface area contributed by atoms with Gasteiger partial charge in [-0.3, -0.25) is 14.8 Å². The summed E-state index contributed by atoms with van der Waals surface area (Å²) < 4.78 is 0. The third kappa shape index (κ3) is 4.26. The zero-order valence-electron chi connectivity index (χ0n) is 11.6. The number of nitrogens with zero attached hydrogens (tertiary/aromatic N) is 2. The second-order valence-corrected chi connectivity index (χ2v) is 4.89. The molecule has 0 radical (unpaired) electrons. The van der Waals surface area contributed by atoms with Gasteiger partial charge in [0.1, 0.15) is 0 Å². The van der Waals surface area contributed by atoms with E-state index in [-0.39, 0.29) is 17.4 Å². The Morgan fingerprint density at radius 2 is 2.16 bits per heavy atom. The molecule has 0 unspecified atom stereocenters. The highest BCUT2D eigenvalue weighted by atomic mass is 16.1. The van der Waals surface area contributed by atoms with E-state index in [2.05, 4.69) is 4.98 Å². The van der Waals surface area contributed by atoms with E-state index in [9.17, 15) is 4.79 Å². The van der Waals surface area contributed by atoms with Crippen LogP contribution in [0.5, 0.6) is 0 Å². The number of hydrogen-bond donors (Lipinski definition) is 3. The highest BCUT2D eigenvalue weighted by molar-refractivity contribution is 5.94. The van der Waals surface area contributed by atoms with Crippen LogP contribution in [0.2, 0.25) is 0 Å². The molecule has 0 spiro atoms. The molecule has 6 N–H and O–H groups in total. The van der Waals surface area contributed by atoms with Gasteiger partial charge >= 0.3 is 0 Å². The molecule has 19 heavy (non-hydrogen) atoms. The number of Topliss-reactive ketones (excluding diaryl/α,β-unsaturated/α-hetero) is 1. The summed E-state index contributed by atoms with van der Waals surface area (Å²) in [6.45, 7) is 5.71. The van der Waals surface area contributed by atoms with Crippen molar-refractivity contribution < 1.29 is 4.79 Å². The maximum absolute atomic E-state index is 11.8. The fraction of sp³-hybridized carbons (Fsp3) is 0.385. The van der Waals surface area contributed by atoms with Crippen LogP contribution in [-0.2, 0) is 4.79 Å². The third-order valence-electron chi connectivity index (χ3n) is 2.55. The van der Waals surface area contributed by atoms with Gasteiger partial charge in [0.15, 0.2) is 5.78 Å². The van der Waals surface area contributed by atoms with Gasteiger partial charge in [0, 0.05) is 12.6 Å². The first-order valence-electron chi connectivity index (χ1n) is 6.07. The average Bonchev–Trinajstić information content (AvgIpc) is 2.31. The molecule has 1 heterocycles. The highest BCUT2D eigenvalue weighted by Crippen LogP contribution is 2.19. The maximum Gasteiger partial charge on any atom is 0.180 e. The predicted octanol–water partition coefficient (Wildman–Crippen LogP) is 1.07. The molecular formula is C13H21N5O. The predicted molar refractivity (Wildman–Crippen MR) is 76.8 cm³/mol. The van der Waals surface area contributed by atoms with Gasteiger partial charge in [-0.2, -0.15) is 0 Å². The molecule has 6 heteroatoms. The standard InChI is InChI=1S/C13H21N5O/c1-8(2)4-13(19)11(15)7-18(16)12-5-10(14)6-17-9(12)3/h5-8H,4,14-16H2,1-3H3/b11-7-. The number of hydrazine groups is 1. The molecule has 0 amide bonds. The number of anilines is 2. The third-order valence-corrected chi connectivity index (χ3v) is 2.55. The van der Waals surface area contributed by atoms with Gasteiger partial charge in [-0.15, -0.1) is 0 Å². The van der Waals surface area contributed by atoms with Crippen LogP contribution in [-0.4, -0.2) is 10.8 Å². The Labute approximate surface area is 113 Å². The molecule has 104 valence electrons. The van der Waals surface area contributed by atoms with Crippen molar-refractivity contribution in [1.29, 1.82) is 0 Å². The second kappa shape index (κ2) is 6.19. The first-order valence-corrected chi connectivity index (χ1v) is 6.07. The summed E-state index contributed by atoms with van der Waals surface area (Å²) in [5.41, 5.74) is 13.3. The van der Waals surface area contributed by atoms with Gasteiger partial charge < -0.3 is 11.5 Å². The Morgan fingerprint density at radius 3 is 2.74 bits per heavy atom. The van der Waals surface area contributed by atoms with Gasteiger partial charge in [-0.25, -0.2) is 5.84 Å². The first kappa shape index (κ1) is 15.0. The molecular weight excluding hydrogens is 242 g/mol. The van der Waals surface area contributed by atoms with E-state index >= 15 is 0 Å². The highest BCUT2D eigenvalue weighted by Gasteiger charge is 2.11. The number of pyridine rings is 1. The van der Waals surface area contributed by atoms with E-state index in [0.29, 0.717) is 23.5 Å². The summed E-state index contributed by atoms with van der Waals surface area (Å²) in [5.74, 6) is 5.99. The molecule has 0 aliphatic carbocycles. The molecule has 0 aliphatic heterocycles. The van der Waals surface area contributed by atoms with Crippen molar-refractivity contribution >= 4 is 17.2 Å². The van der Waals surface area contributed by atoms with Crippen LogP contribution in [0.15, 0.2) is 24.2 Å². The lowest BCUT2D eigenvalue weighted by Crippen LogP contribution is -2.29. The molecule has 1 rings (SSSR count). The average molecular weight is 263 g/mol. The van der Waals surface area contributed by atoms with Crippen LogP contribution in [0.1, 0.15) is 26.0 Å².